The average Bonchev–Trinajstić information content (AvgIpc) is 3.60. The number of fused-ring (bicyclic) bond motifs is 2. The number of imidazole rings is 1. The number of benzene rings is 2. The molecule has 2 aromatic carbocycles. The zero-order valence-corrected chi connectivity index (χ0v) is 23.0. The third-order valence-corrected chi connectivity index (χ3v) is 7.95. The molecule has 11 heteroatoms. The lowest BCUT2D eigenvalue weighted by atomic mass is 10.00. The number of H-pyrrole nitrogens is 2. The van der Waals surface area contributed by atoms with Gasteiger partial charge in [0.15, 0.2) is 0 Å². The number of aromatic nitrogens is 3. The number of halogens is 2. The highest BCUT2D eigenvalue weighted by molar-refractivity contribution is 9.10. The molecular weight excluding hydrogens is 569 g/mol. The Kier molecular flexibility index (Phi) is 7.05. The van der Waals surface area contributed by atoms with E-state index in [-0.39, 0.29) is 12.1 Å². The first kappa shape index (κ1) is 25.8. The number of hydrogen-bond acceptors (Lipinski definition) is 7. The molecule has 6 rings (SSSR count). The second-order valence-corrected chi connectivity index (χ2v) is 10.7. The Morgan fingerprint density at radius 2 is 2.18 bits per heavy atom. The summed E-state index contributed by atoms with van der Waals surface area (Å²) in [5.41, 5.74) is 5.83. The Balaban J connectivity index is 1.29. The number of nitrogens with one attached hydrogen (secondary N) is 3. The van der Waals surface area contributed by atoms with Crippen molar-refractivity contribution in [2.24, 2.45) is 0 Å². The maximum atomic E-state index is 13.2. The van der Waals surface area contributed by atoms with E-state index in [2.05, 4.69) is 36.1 Å². The van der Waals surface area contributed by atoms with Crippen LogP contribution in [0.5, 0.6) is 5.75 Å². The Hall–Kier alpha value is -3.41. The van der Waals surface area contributed by atoms with Crippen molar-refractivity contribution in [3.05, 3.63) is 68.0 Å². The van der Waals surface area contributed by atoms with Crippen LogP contribution < -0.4 is 20.5 Å². The van der Waals surface area contributed by atoms with Crippen molar-refractivity contribution in [1.29, 1.82) is 0 Å². The lowest BCUT2D eigenvalue weighted by molar-refractivity contribution is 0.0247. The maximum absolute atomic E-state index is 13.2. The molecule has 2 atom stereocenters. The van der Waals surface area contributed by atoms with Gasteiger partial charge in [0.2, 0.25) is 0 Å². The number of aryl methyl sites for hydroxylation is 1. The fourth-order valence-electron chi connectivity index (χ4n) is 5.39. The number of alkyl halides is 1. The smallest absolute Gasteiger partial charge is 0.261 e. The van der Waals surface area contributed by atoms with Gasteiger partial charge in [-0.25, -0.2) is 9.37 Å². The Labute approximate surface area is 232 Å². The first-order chi connectivity index (χ1) is 18.9. The van der Waals surface area contributed by atoms with E-state index in [1.54, 1.807) is 12.3 Å². The van der Waals surface area contributed by atoms with Gasteiger partial charge < -0.3 is 34.8 Å². The van der Waals surface area contributed by atoms with Gasteiger partial charge in [-0.2, -0.15) is 0 Å². The molecular formula is C28H29BrFN5O4. The Bertz CT molecular complexity index is 1590. The first-order valence-electron chi connectivity index (χ1n) is 12.9. The summed E-state index contributed by atoms with van der Waals surface area (Å²) in [4.78, 5) is 25.9. The molecule has 39 heavy (non-hydrogen) atoms. The molecule has 2 aliphatic rings. The third kappa shape index (κ3) is 4.90. The van der Waals surface area contributed by atoms with Gasteiger partial charge in [-0.15, -0.1) is 0 Å². The summed E-state index contributed by atoms with van der Waals surface area (Å²) >= 11 is 3.51. The zero-order chi connectivity index (χ0) is 27.1. The normalized spacial score (nSPS) is 17.7. The van der Waals surface area contributed by atoms with E-state index in [9.17, 15) is 14.3 Å². The van der Waals surface area contributed by atoms with Crippen molar-refractivity contribution >= 4 is 38.3 Å². The van der Waals surface area contributed by atoms with Crippen LogP contribution in [-0.2, 0) is 11.2 Å². The molecule has 0 aliphatic carbocycles. The number of hydrogen-bond donors (Lipinski definition) is 4. The van der Waals surface area contributed by atoms with Crippen LogP contribution in [0.25, 0.3) is 22.4 Å². The minimum absolute atomic E-state index is 0.195. The number of morpholine rings is 1. The fourth-order valence-corrected chi connectivity index (χ4v) is 5.88. The van der Waals surface area contributed by atoms with E-state index in [0.29, 0.717) is 43.4 Å². The van der Waals surface area contributed by atoms with Gasteiger partial charge in [-0.1, -0.05) is 6.07 Å². The number of aliphatic hydroxyl groups excluding tert-OH is 1. The molecule has 0 bridgehead atoms. The summed E-state index contributed by atoms with van der Waals surface area (Å²) in [5, 5.41) is 14.3. The van der Waals surface area contributed by atoms with Crippen LogP contribution in [0, 0.1) is 6.92 Å². The van der Waals surface area contributed by atoms with E-state index in [1.165, 1.54) is 0 Å². The van der Waals surface area contributed by atoms with Crippen LogP contribution in [0.2, 0.25) is 0 Å². The summed E-state index contributed by atoms with van der Waals surface area (Å²) < 4.78 is 25.3. The number of aliphatic hydroxyl groups is 1. The van der Waals surface area contributed by atoms with E-state index in [4.69, 9.17) is 14.5 Å². The maximum Gasteiger partial charge on any atom is 0.261 e. The topological polar surface area (TPSA) is 115 Å². The summed E-state index contributed by atoms with van der Waals surface area (Å²) in [5.74, 6) is 1.20. The van der Waals surface area contributed by atoms with E-state index in [1.807, 2.05) is 31.2 Å². The Morgan fingerprint density at radius 3 is 3.03 bits per heavy atom. The number of rotatable bonds is 7. The molecule has 0 radical (unpaired) electrons. The lowest BCUT2D eigenvalue weighted by Gasteiger charge is -2.33. The number of aromatic amines is 2. The van der Waals surface area contributed by atoms with Crippen molar-refractivity contribution in [1.82, 2.24) is 15.0 Å². The fraction of sp³-hybridized carbons (Fsp3) is 0.357. The van der Waals surface area contributed by atoms with E-state index in [0.717, 1.165) is 50.1 Å². The Morgan fingerprint density at radius 1 is 1.31 bits per heavy atom. The number of nitrogens with zero attached hydrogens (tertiary/aromatic N) is 2. The number of anilines is 2. The summed E-state index contributed by atoms with van der Waals surface area (Å²) in [7, 11) is 0. The SMILES string of the molecule is Cc1cc(N2CCO[C@@H](CF)C2)cc2[nH]c(-c3c(NC[C@@H](O)c4ccc(Br)c5c4CCO5)cc[nH]c3=O)nc12. The molecule has 0 spiro atoms. The molecule has 204 valence electrons. The summed E-state index contributed by atoms with van der Waals surface area (Å²) in [6.07, 6.45) is 1.06. The molecule has 2 aliphatic heterocycles. The molecule has 0 amide bonds. The molecule has 1 saturated heterocycles. The monoisotopic (exact) mass is 597 g/mol. The zero-order valence-electron chi connectivity index (χ0n) is 21.4. The molecule has 4 N–H and O–H groups in total. The van der Waals surface area contributed by atoms with Crippen molar-refractivity contribution < 1.29 is 19.0 Å². The van der Waals surface area contributed by atoms with Gasteiger partial charge >= 0.3 is 0 Å². The standard InChI is InChI=1S/C28H29BrFN5O4/c1-15-10-16(35-7-9-38-17(12-30)14-35)11-22-25(15)34-27(33-22)24-21(4-6-31-28(24)37)32-13-23(36)18-2-3-20(29)26-19(18)5-8-39-26/h2-4,6,10-11,17,23,36H,5,7-9,12-14H2,1H3,(H,33,34)(H2,31,32,37)/t17-,23+/m0/s1. The predicted molar refractivity (Wildman–Crippen MR) is 152 cm³/mol. The van der Waals surface area contributed by atoms with Crippen molar-refractivity contribution in [2.75, 3.05) is 49.7 Å². The van der Waals surface area contributed by atoms with Crippen molar-refractivity contribution in [2.45, 2.75) is 25.6 Å². The predicted octanol–water partition coefficient (Wildman–Crippen LogP) is 4.24. The molecule has 2 aromatic heterocycles. The van der Waals surface area contributed by atoms with Crippen LogP contribution in [0.15, 0.2) is 45.8 Å². The van der Waals surface area contributed by atoms with E-state index >= 15 is 0 Å². The molecule has 0 unspecified atom stereocenters. The van der Waals surface area contributed by atoms with Gasteiger partial charge in [0, 0.05) is 43.5 Å². The van der Waals surface area contributed by atoms with Crippen LogP contribution >= 0.6 is 15.9 Å². The number of ether oxygens (including phenoxy) is 2. The summed E-state index contributed by atoms with van der Waals surface area (Å²) in [6, 6.07) is 9.53. The van der Waals surface area contributed by atoms with Crippen LogP contribution in [-0.4, -0.2) is 65.7 Å². The highest BCUT2D eigenvalue weighted by atomic mass is 79.9. The van der Waals surface area contributed by atoms with Crippen molar-refractivity contribution in [3.63, 3.8) is 0 Å². The lowest BCUT2D eigenvalue weighted by Crippen LogP contribution is -2.43. The van der Waals surface area contributed by atoms with E-state index < -0.39 is 18.9 Å². The van der Waals surface area contributed by atoms with Gasteiger partial charge in [0.25, 0.3) is 5.56 Å². The minimum atomic E-state index is -0.803. The van der Waals surface area contributed by atoms with Gasteiger partial charge in [0.05, 0.1) is 40.5 Å². The quantitative estimate of drug-likeness (QED) is 0.252. The van der Waals surface area contributed by atoms with Crippen LogP contribution in [0.1, 0.15) is 22.8 Å². The minimum Gasteiger partial charge on any atom is -0.492 e. The van der Waals surface area contributed by atoms with Crippen molar-refractivity contribution in [3.8, 4) is 17.1 Å². The largest absolute Gasteiger partial charge is 0.492 e. The average molecular weight is 598 g/mol. The molecule has 4 heterocycles. The number of pyridine rings is 1. The van der Waals surface area contributed by atoms with Gasteiger partial charge in [-0.3, -0.25) is 4.79 Å². The highest BCUT2D eigenvalue weighted by Gasteiger charge is 2.25. The van der Waals surface area contributed by atoms with Gasteiger partial charge in [-0.05, 0) is 58.2 Å². The molecule has 4 aromatic rings. The molecule has 9 nitrogen and oxygen atoms in total. The first-order valence-corrected chi connectivity index (χ1v) is 13.7. The van der Waals surface area contributed by atoms with Crippen LogP contribution in [0.4, 0.5) is 15.8 Å². The van der Waals surface area contributed by atoms with Crippen LogP contribution in [0.3, 0.4) is 0 Å². The second kappa shape index (κ2) is 10.6. The molecule has 0 saturated carbocycles. The summed E-state index contributed by atoms with van der Waals surface area (Å²) in [6.45, 7) is 3.84. The second-order valence-electron chi connectivity index (χ2n) is 9.87. The third-order valence-electron chi connectivity index (χ3n) is 7.33. The molecule has 1 fully saturated rings. The highest BCUT2D eigenvalue weighted by Crippen LogP contribution is 2.38. The van der Waals surface area contributed by atoms with Gasteiger partial charge in [0.1, 0.15) is 29.9 Å².